The smallest absolute Gasteiger partial charge is 0.236 e. The van der Waals surface area contributed by atoms with Gasteiger partial charge in [0.15, 0.2) is 0 Å². The maximum atomic E-state index is 12.3. The van der Waals surface area contributed by atoms with E-state index in [2.05, 4.69) is 5.32 Å². The molecule has 0 aromatic heterocycles. The van der Waals surface area contributed by atoms with Crippen LogP contribution in [-0.4, -0.2) is 21.4 Å². The van der Waals surface area contributed by atoms with Gasteiger partial charge in [0.05, 0.1) is 15.7 Å². The number of rotatable bonds is 5. The number of nitrogen functional groups attached to an aromatic ring is 1. The third kappa shape index (κ3) is 4.21. The number of halogens is 1. The summed E-state index contributed by atoms with van der Waals surface area (Å²) in [5.74, 6) is -0.234. The van der Waals surface area contributed by atoms with Crippen LogP contribution in [0.2, 0.25) is 5.02 Å². The summed E-state index contributed by atoms with van der Waals surface area (Å²) in [5, 5.41) is 2.64. The Bertz CT molecular complexity index is 494. The van der Waals surface area contributed by atoms with Gasteiger partial charge in [-0.3, -0.25) is 9.00 Å². The molecule has 0 heterocycles. The van der Waals surface area contributed by atoms with E-state index >= 15 is 0 Å². The van der Waals surface area contributed by atoms with Crippen molar-refractivity contribution in [3.05, 3.63) is 23.2 Å². The topological polar surface area (TPSA) is 72.2 Å². The minimum Gasteiger partial charge on any atom is -0.398 e. The van der Waals surface area contributed by atoms with Crippen LogP contribution in [-0.2, 0) is 15.6 Å². The van der Waals surface area contributed by atoms with Crippen molar-refractivity contribution in [3.63, 3.8) is 0 Å². The lowest BCUT2D eigenvalue weighted by Gasteiger charge is -2.16. The van der Waals surface area contributed by atoms with Crippen LogP contribution in [0.1, 0.15) is 27.2 Å². The van der Waals surface area contributed by atoms with Crippen molar-refractivity contribution < 1.29 is 9.00 Å². The zero-order valence-corrected chi connectivity index (χ0v) is 12.8. The van der Waals surface area contributed by atoms with Crippen LogP contribution in [0, 0.1) is 0 Å². The number of anilines is 1. The highest BCUT2D eigenvalue weighted by atomic mass is 35.5. The second-order valence-electron chi connectivity index (χ2n) is 4.44. The monoisotopic (exact) mass is 302 g/mol. The molecular weight excluding hydrogens is 284 g/mol. The van der Waals surface area contributed by atoms with Crippen molar-refractivity contribution in [1.29, 1.82) is 0 Å². The maximum absolute atomic E-state index is 12.3. The first-order valence-electron chi connectivity index (χ1n) is 6.12. The van der Waals surface area contributed by atoms with Crippen LogP contribution in [0.5, 0.6) is 0 Å². The highest BCUT2D eigenvalue weighted by Gasteiger charge is 2.23. The van der Waals surface area contributed by atoms with Gasteiger partial charge in [0.25, 0.3) is 0 Å². The number of carbonyl (C=O) groups is 1. The van der Waals surface area contributed by atoms with E-state index in [-0.39, 0.29) is 11.9 Å². The van der Waals surface area contributed by atoms with Crippen molar-refractivity contribution in [1.82, 2.24) is 5.32 Å². The average Bonchev–Trinajstić information content (AvgIpc) is 2.36. The Morgan fingerprint density at radius 3 is 2.63 bits per heavy atom. The Morgan fingerprint density at radius 1 is 1.47 bits per heavy atom. The zero-order chi connectivity index (χ0) is 14.6. The van der Waals surface area contributed by atoms with Crippen molar-refractivity contribution in [3.8, 4) is 0 Å². The van der Waals surface area contributed by atoms with Crippen LogP contribution in [0.4, 0.5) is 5.69 Å². The molecular formula is C13H19ClN2O2S. The van der Waals surface area contributed by atoms with Gasteiger partial charge in [-0.2, -0.15) is 0 Å². The second kappa shape index (κ2) is 6.91. The third-order valence-corrected chi connectivity index (χ3v) is 4.78. The van der Waals surface area contributed by atoms with Gasteiger partial charge < -0.3 is 11.1 Å². The van der Waals surface area contributed by atoms with Crippen molar-refractivity contribution in [2.75, 3.05) is 5.73 Å². The summed E-state index contributed by atoms with van der Waals surface area (Å²) < 4.78 is 12.3. The standard InChI is InChI=1S/C13H19ClN2O2S/c1-4-8(2)16-13(17)9(3)19(18)12-6-5-10(14)7-11(12)15/h5-9H,4,15H2,1-3H3,(H,16,17). The van der Waals surface area contributed by atoms with Crippen molar-refractivity contribution >= 4 is 34.0 Å². The summed E-state index contributed by atoms with van der Waals surface area (Å²) in [7, 11) is -1.49. The number of nitrogens with one attached hydrogen (secondary N) is 1. The van der Waals surface area contributed by atoms with E-state index in [1.54, 1.807) is 19.1 Å². The molecule has 3 atom stereocenters. The Labute approximate surface area is 121 Å². The Morgan fingerprint density at radius 2 is 2.11 bits per heavy atom. The molecule has 0 saturated carbocycles. The van der Waals surface area contributed by atoms with E-state index in [9.17, 15) is 9.00 Å². The van der Waals surface area contributed by atoms with E-state index < -0.39 is 16.0 Å². The average molecular weight is 303 g/mol. The van der Waals surface area contributed by atoms with Gasteiger partial charge in [0.2, 0.25) is 5.91 Å². The maximum Gasteiger partial charge on any atom is 0.236 e. The lowest BCUT2D eigenvalue weighted by molar-refractivity contribution is -0.120. The summed E-state index contributed by atoms with van der Waals surface area (Å²) >= 11 is 5.79. The van der Waals surface area contributed by atoms with Crippen LogP contribution in [0.25, 0.3) is 0 Å². The van der Waals surface area contributed by atoms with Gasteiger partial charge in [0, 0.05) is 16.8 Å². The molecule has 1 amide bonds. The number of benzene rings is 1. The molecule has 0 radical (unpaired) electrons. The lowest BCUT2D eigenvalue weighted by Crippen LogP contribution is -2.40. The van der Waals surface area contributed by atoms with Gasteiger partial charge in [0.1, 0.15) is 5.25 Å². The van der Waals surface area contributed by atoms with Gasteiger partial charge >= 0.3 is 0 Å². The molecule has 19 heavy (non-hydrogen) atoms. The predicted molar refractivity (Wildman–Crippen MR) is 79.6 cm³/mol. The van der Waals surface area contributed by atoms with E-state index in [1.807, 2.05) is 13.8 Å². The van der Waals surface area contributed by atoms with Crippen LogP contribution in [0.15, 0.2) is 23.1 Å². The largest absolute Gasteiger partial charge is 0.398 e. The summed E-state index contributed by atoms with van der Waals surface area (Å²) in [6.07, 6.45) is 0.828. The number of nitrogens with two attached hydrogens (primary N) is 1. The fourth-order valence-electron chi connectivity index (χ4n) is 1.45. The number of carbonyl (C=O) groups excluding carboxylic acids is 1. The van der Waals surface area contributed by atoms with E-state index in [1.165, 1.54) is 6.07 Å². The van der Waals surface area contributed by atoms with Crippen molar-refractivity contribution in [2.45, 2.75) is 43.4 Å². The Balaban J connectivity index is 2.84. The minimum absolute atomic E-state index is 0.0644. The highest BCUT2D eigenvalue weighted by Crippen LogP contribution is 2.23. The van der Waals surface area contributed by atoms with Gasteiger partial charge in [-0.15, -0.1) is 0 Å². The summed E-state index contributed by atoms with van der Waals surface area (Å²) in [6.45, 7) is 5.51. The molecule has 106 valence electrons. The molecule has 6 heteroatoms. The first-order chi connectivity index (χ1) is 8.86. The molecule has 0 aliphatic rings. The minimum atomic E-state index is -1.49. The third-order valence-electron chi connectivity index (χ3n) is 2.88. The van der Waals surface area contributed by atoms with Crippen LogP contribution >= 0.6 is 11.6 Å². The fourth-order valence-corrected chi connectivity index (χ4v) is 2.77. The second-order valence-corrected chi connectivity index (χ2v) is 6.62. The first-order valence-corrected chi connectivity index (χ1v) is 7.71. The molecule has 1 aromatic rings. The summed E-state index contributed by atoms with van der Waals surface area (Å²) in [4.78, 5) is 12.4. The molecule has 4 nitrogen and oxygen atoms in total. The SMILES string of the molecule is CCC(C)NC(=O)C(C)S(=O)c1ccc(Cl)cc1N. The molecule has 0 spiro atoms. The molecule has 3 N–H and O–H groups in total. The Hall–Kier alpha value is -1.07. The predicted octanol–water partition coefficient (Wildman–Crippen LogP) is 2.33. The quantitative estimate of drug-likeness (QED) is 0.820. The van der Waals surface area contributed by atoms with E-state index in [4.69, 9.17) is 17.3 Å². The van der Waals surface area contributed by atoms with E-state index in [0.29, 0.717) is 15.6 Å². The fraction of sp³-hybridized carbons (Fsp3) is 0.462. The van der Waals surface area contributed by atoms with Gasteiger partial charge in [-0.05, 0) is 38.5 Å². The van der Waals surface area contributed by atoms with Crippen LogP contribution < -0.4 is 11.1 Å². The lowest BCUT2D eigenvalue weighted by atomic mass is 10.2. The van der Waals surface area contributed by atoms with Crippen LogP contribution in [0.3, 0.4) is 0 Å². The van der Waals surface area contributed by atoms with Crippen molar-refractivity contribution in [2.24, 2.45) is 0 Å². The Kier molecular flexibility index (Phi) is 5.82. The van der Waals surface area contributed by atoms with Gasteiger partial charge in [-0.1, -0.05) is 18.5 Å². The molecule has 0 fully saturated rings. The van der Waals surface area contributed by atoms with Gasteiger partial charge in [-0.25, -0.2) is 0 Å². The highest BCUT2D eigenvalue weighted by molar-refractivity contribution is 7.86. The number of hydrogen-bond donors (Lipinski definition) is 2. The molecule has 0 aliphatic heterocycles. The first kappa shape index (κ1) is 16.0. The molecule has 3 unspecified atom stereocenters. The molecule has 1 rings (SSSR count). The molecule has 0 bridgehead atoms. The molecule has 0 saturated heterocycles. The number of hydrogen-bond acceptors (Lipinski definition) is 3. The summed E-state index contributed by atoms with van der Waals surface area (Å²) in [6, 6.07) is 4.81. The number of amides is 1. The normalized spacial score (nSPS) is 15.6. The summed E-state index contributed by atoms with van der Waals surface area (Å²) in [5.41, 5.74) is 6.12. The molecule has 1 aromatic carbocycles. The van der Waals surface area contributed by atoms with E-state index in [0.717, 1.165) is 6.42 Å². The zero-order valence-electron chi connectivity index (χ0n) is 11.3. The molecule has 0 aliphatic carbocycles.